The first kappa shape index (κ1) is 16.7. The second kappa shape index (κ2) is 7.14. The molecule has 0 unspecified atom stereocenters. The van der Waals surface area contributed by atoms with Crippen molar-refractivity contribution >= 4 is 40.8 Å². The third kappa shape index (κ3) is 4.01. The normalized spacial score (nSPS) is 10.4. The molecule has 0 saturated carbocycles. The lowest BCUT2D eigenvalue weighted by Gasteiger charge is -2.09. The highest BCUT2D eigenvalue weighted by Crippen LogP contribution is 2.26. The van der Waals surface area contributed by atoms with Crippen LogP contribution in [0.15, 0.2) is 35.0 Å². The fourth-order valence-electron chi connectivity index (χ4n) is 1.96. The molecule has 2 N–H and O–H groups in total. The smallest absolute Gasteiger partial charge is 0.337 e. The molecule has 0 radical (unpaired) electrons. The number of hydrogen-bond acceptors (Lipinski definition) is 9. The van der Waals surface area contributed by atoms with Crippen LogP contribution < -0.4 is 10.6 Å². The molecule has 0 atom stereocenters. The maximum Gasteiger partial charge on any atom is 0.337 e. The van der Waals surface area contributed by atoms with Crippen molar-refractivity contribution in [3.8, 4) is 0 Å². The third-order valence-corrected chi connectivity index (χ3v) is 3.41. The largest absolute Gasteiger partial charge is 0.465 e. The van der Waals surface area contributed by atoms with E-state index in [-0.39, 0.29) is 5.95 Å². The summed E-state index contributed by atoms with van der Waals surface area (Å²) in [5, 5.41) is 17.8. The van der Waals surface area contributed by atoms with Gasteiger partial charge in [-0.25, -0.2) is 4.79 Å². The summed E-state index contributed by atoms with van der Waals surface area (Å²) in [5.74, 6) is 1.24. The Kier molecular flexibility index (Phi) is 4.75. The van der Waals surface area contributed by atoms with Crippen molar-refractivity contribution in [2.75, 3.05) is 17.7 Å². The number of esters is 1. The highest BCUT2D eigenvalue weighted by atomic mass is 35.5. The summed E-state index contributed by atoms with van der Waals surface area (Å²) >= 11 is 6.15. The first-order valence-electron chi connectivity index (χ1n) is 7.10. The zero-order valence-corrected chi connectivity index (χ0v) is 14.0. The molecule has 128 valence electrons. The Bertz CT molecular complexity index is 914. The van der Waals surface area contributed by atoms with Gasteiger partial charge < -0.3 is 19.9 Å². The SMILES string of the molecule is COC(=O)c1ccc(Cl)c(Nc2cnnc(Nc3cc(C)on3)n2)c1. The lowest BCUT2D eigenvalue weighted by molar-refractivity contribution is 0.0601. The van der Waals surface area contributed by atoms with Gasteiger partial charge in [0.1, 0.15) is 5.76 Å². The predicted octanol–water partition coefficient (Wildman–Crippen LogP) is 3.10. The van der Waals surface area contributed by atoms with Crippen LogP contribution in [0.5, 0.6) is 0 Å². The van der Waals surface area contributed by atoms with Crippen LogP contribution in [0.1, 0.15) is 16.1 Å². The van der Waals surface area contributed by atoms with Gasteiger partial charge in [-0.15, -0.1) is 5.10 Å². The molecule has 0 fully saturated rings. The zero-order chi connectivity index (χ0) is 17.8. The Balaban J connectivity index is 1.81. The molecule has 0 aliphatic heterocycles. The number of hydrogen-bond donors (Lipinski definition) is 2. The van der Waals surface area contributed by atoms with Gasteiger partial charge in [0.2, 0.25) is 5.95 Å². The van der Waals surface area contributed by atoms with Gasteiger partial charge in [0.05, 0.1) is 29.6 Å². The summed E-state index contributed by atoms with van der Waals surface area (Å²) in [6.45, 7) is 1.77. The number of nitrogens with zero attached hydrogens (tertiary/aromatic N) is 4. The number of aryl methyl sites for hydroxylation is 1. The number of methoxy groups -OCH3 is 1. The van der Waals surface area contributed by atoms with E-state index in [9.17, 15) is 4.79 Å². The summed E-state index contributed by atoms with van der Waals surface area (Å²) in [6, 6.07) is 6.41. The van der Waals surface area contributed by atoms with Crippen LogP contribution in [-0.4, -0.2) is 33.4 Å². The van der Waals surface area contributed by atoms with Crippen LogP contribution >= 0.6 is 11.6 Å². The van der Waals surface area contributed by atoms with Crippen LogP contribution in [0.2, 0.25) is 5.02 Å². The first-order valence-corrected chi connectivity index (χ1v) is 7.48. The summed E-state index contributed by atoms with van der Waals surface area (Å²) in [4.78, 5) is 15.9. The van der Waals surface area contributed by atoms with Crippen molar-refractivity contribution < 1.29 is 14.1 Å². The van der Waals surface area contributed by atoms with Crippen LogP contribution in [-0.2, 0) is 4.74 Å². The van der Waals surface area contributed by atoms with Crippen molar-refractivity contribution in [2.45, 2.75) is 6.92 Å². The molecule has 0 amide bonds. The van der Waals surface area contributed by atoms with Gasteiger partial charge in [0.25, 0.3) is 0 Å². The van der Waals surface area contributed by atoms with Crippen molar-refractivity contribution in [3.05, 3.63) is 46.8 Å². The lowest BCUT2D eigenvalue weighted by Crippen LogP contribution is -2.04. The monoisotopic (exact) mass is 360 g/mol. The summed E-state index contributed by atoms with van der Waals surface area (Å²) < 4.78 is 9.65. The molecule has 3 rings (SSSR count). The van der Waals surface area contributed by atoms with Crippen LogP contribution in [0.4, 0.5) is 23.3 Å². The second-order valence-electron chi connectivity index (χ2n) is 4.92. The van der Waals surface area contributed by atoms with E-state index in [0.29, 0.717) is 33.7 Å². The molecule has 0 aliphatic rings. The second-order valence-corrected chi connectivity index (χ2v) is 5.33. The molecule has 0 aliphatic carbocycles. The standard InChI is InChI=1S/C15H13ClN6O3/c1-8-5-12(22-25-8)19-15-20-13(7-17-21-15)18-11-6-9(14(23)24-2)3-4-10(11)16/h3-7H,1-2H3,(H2,18,19,20,21,22). The number of nitrogens with one attached hydrogen (secondary N) is 2. The number of carbonyl (C=O) groups is 1. The zero-order valence-electron chi connectivity index (χ0n) is 13.3. The molecule has 2 aromatic heterocycles. The molecular weight excluding hydrogens is 348 g/mol. The van der Waals surface area contributed by atoms with Gasteiger partial charge in [-0.05, 0) is 25.1 Å². The average Bonchev–Trinajstić information content (AvgIpc) is 3.01. The Morgan fingerprint density at radius 2 is 2.08 bits per heavy atom. The first-order chi connectivity index (χ1) is 12.0. The highest BCUT2D eigenvalue weighted by molar-refractivity contribution is 6.33. The maximum atomic E-state index is 11.6. The lowest BCUT2D eigenvalue weighted by atomic mass is 10.2. The van der Waals surface area contributed by atoms with E-state index in [1.54, 1.807) is 31.2 Å². The number of benzene rings is 1. The van der Waals surface area contributed by atoms with E-state index in [2.05, 4.69) is 31.0 Å². The van der Waals surface area contributed by atoms with E-state index in [1.807, 2.05) is 0 Å². The van der Waals surface area contributed by atoms with Crippen LogP contribution in [0.3, 0.4) is 0 Å². The molecule has 3 aromatic rings. The number of rotatable bonds is 5. The molecule has 0 saturated heterocycles. The number of halogens is 1. The Morgan fingerprint density at radius 3 is 2.80 bits per heavy atom. The Hall–Kier alpha value is -3.20. The summed E-state index contributed by atoms with van der Waals surface area (Å²) in [7, 11) is 1.31. The quantitative estimate of drug-likeness (QED) is 0.662. The van der Waals surface area contributed by atoms with Crippen LogP contribution in [0, 0.1) is 6.92 Å². The van der Waals surface area contributed by atoms with Gasteiger partial charge in [0.15, 0.2) is 11.6 Å². The molecule has 2 heterocycles. The Morgan fingerprint density at radius 1 is 1.24 bits per heavy atom. The van der Waals surface area contributed by atoms with Crippen LogP contribution in [0.25, 0.3) is 0 Å². The van der Waals surface area contributed by atoms with Gasteiger partial charge in [0, 0.05) is 6.07 Å². The molecule has 10 heteroatoms. The van der Waals surface area contributed by atoms with E-state index in [1.165, 1.54) is 13.3 Å². The molecular formula is C15H13ClN6O3. The molecule has 1 aromatic carbocycles. The molecule has 25 heavy (non-hydrogen) atoms. The minimum atomic E-state index is -0.468. The minimum absolute atomic E-state index is 0.221. The number of carbonyl (C=O) groups excluding carboxylic acids is 1. The number of aromatic nitrogens is 4. The van der Waals surface area contributed by atoms with E-state index in [4.69, 9.17) is 20.9 Å². The Labute approximate surface area is 147 Å². The molecule has 0 bridgehead atoms. The summed E-state index contributed by atoms with van der Waals surface area (Å²) in [5.41, 5.74) is 0.834. The maximum absolute atomic E-state index is 11.6. The average molecular weight is 361 g/mol. The molecule has 0 spiro atoms. The van der Waals surface area contributed by atoms with Gasteiger partial charge in [-0.3, -0.25) is 0 Å². The highest BCUT2D eigenvalue weighted by Gasteiger charge is 2.11. The number of anilines is 4. The molecule has 9 nitrogen and oxygen atoms in total. The van der Waals surface area contributed by atoms with E-state index >= 15 is 0 Å². The van der Waals surface area contributed by atoms with Crippen molar-refractivity contribution in [3.63, 3.8) is 0 Å². The van der Waals surface area contributed by atoms with Crippen molar-refractivity contribution in [2.24, 2.45) is 0 Å². The third-order valence-electron chi connectivity index (χ3n) is 3.08. The fourth-order valence-corrected chi connectivity index (χ4v) is 2.13. The van der Waals surface area contributed by atoms with E-state index < -0.39 is 5.97 Å². The van der Waals surface area contributed by atoms with Crippen molar-refractivity contribution in [1.82, 2.24) is 20.3 Å². The van der Waals surface area contributed by atoms with Gasteiger partial charge in [-0.2, -0.15) is 10.1 Å². The van der Waals surface area contributed by atoms with Crippen molar-refractivity contribution in [1.29, 1.82) is 0 Å². The topological polar surface area (TPSA) is 115 Å². The summed E-state index contributed by atoms with van der Waals surface area (Å²) in [6.07, 6.45) is 1.42. The number of ether oxygens (including phenoxy) is 1. The van der Waals surface area contributed by atoms with Gasteiger partial charge >= 0.3 is 5.97 Å². The van der Waals surface area contributed by atoms with Gasteiger partial charge in [-0.1, -0.05) is 16.8 Å². The fraction of sp³-hybridized carbons (Fsp3) is 0.133. The predicted molar refractivity (Wildman–Crippen MR) is 90.4 cm³/mol. The minimum Gasteiger partial charge on any atom is -0.465 e. The van der Waals surface area contributed by atoms with E-state index in [0.717, 1.165) is 0 Å².